The van der Waals surface area contributed by atoms with E-state index in [0.29, 0.717) is 24.9 Å². The average Bonchev–Trinajstić information content (AvgIpc) is 3.11. The van der Waals surface area contributed by atoms with Crippen molar-refractivity contribution >= 4 is 17.6 Å². The Morgan fingerprint density at radius 2 is 1.96 bits per heavy atom. The van der Waals surface area contributed by atoms with Crippen LogP contribution in [0.4, 0.5) is 11.7 Å². The number of nitrogens with zero attached hydrogens (tertiary/aromatic N) is 2. The zero-order valence-corrected chi connectivity index (χ0v) is 15.9. The summed E-state index contributed by atoms with van der Waals surface area (Å²) >= 11 is 0. The molecule has 3 aromatic rings. The first-order valence-corrected chi connectivity index (χ1v) is 9.09. The number of anilines is 2. The lowest BCUT2D eigenvalue weighted by Crippen LogP contribution is -2.44. The van der Waals surface area contributed by atoms with Gasteiger partial charge in [0.15, 0.2) is 0 Å². The number of nitrogens with one attached hydrogen (secondary N) is 1. The highest BCUT2D eigenvalue weighted by Gasteiger charge is 2.38. The molecule has 1 aliphatic rings. The van der Waals surface area contributed by atoms with E-state index in [1.807, 2.05) is 37.3 Å². The number of benzene rings is 1. The summed E-state index contributed by atoms with van der Waals surface area (Å²) in [5.41, 5.74) is 10.3. The number of hydrogen-bond donors (Lipinski definition) is 2. The van der Waals surface area contributed by atoms with E-state index in [1.165, 1.54) is 0 Å². The van der Waals surface area contributed by atoms with Crippen LogP contribution in [0.3, 0.4) is 0 Å². The van der Waals surface area contributed by atoms with E-state index in [2.05, 4.69) is 22.4 Å². The van der Waals surface area contributed by atoms with Gasteiger partial charge in [0, 0.05) is 17.8 Å². The number of amides is 1. The van der Waals surface area contributed by atoms with Crippen molar-refractivity contribution in [3.8, 4) is 11.1 Å². The molecule has 1 amide bonds. The smallest absolute Gasteiger partial charge is 0.231 e. The maximum absolute atomic E-state index is 12.3. The van der Waals surface area contributed by atoms with Gasteiger partial charge >= 0.3 is 0 Å². The summed E-state index contributed by atoms with van der Waals surface area (Å²) in [5, 5.41) is 6.80. The van der Waals surface area contributed by atoms with Gasteiger partial charge in [-0.1, -0.05) is 29.4 Å². The molecule has 0 unspecified atom stereocenters. The molecule has 0 atom stereocenters. The van der Waals surface area contributed by atoms with Gasteiger partial charge in [-0.05, 0) is 36.6 Å². The van der Waals surface area contributed by atoms with Crippen LogP contribution in [0, 0.1) is 6.92 Å². The number of rotatable bonds is 5. The molecule has 0 spiro atoms. The minimum absolute atomic E-state index is 0.127. The zero-order chi connectivity index (χ0) is 19.7. The van der Waals surface area contributed by atoms with Crippen molar-refractivity contribution in [2.24, 2.45) is 0 Å². The van der Waals surface area contributed by atoms with Crippen LogP contribution in [0.15, 0.2) is 47.1 Å². The van der Waals surface area contributed by atoms with Crippen molar-refractivity contribution in [1.82, 2.24) is 10.1 Å². The minimum atomic E-state index is -0.157. The second kappa shape index (κ2) is 7.09. The van der Waals surface area contributed by atoms with E-state index in [4.69, 9.17) is 15.0 Å². The van der Waals surface area contributed by atoms with Crippen LogP contribution in [-0.4, -0.2) is 29.3 Å². The molecule has 0 bridgehead atoms. The van der Waals surface area contributed by atoms with Gasteiger partial charge in [0.2, 0.25) is 11.8 Å². The van der Waals surface area contributed by atoms with Crippen molar-refractivity contribution in [2.75, 3.05) is 24.3 Å². The number of ether oxygens (including phenoxy) is 1. The number of carbonyl (C=O) groups is 1. The Kier molecular flexibility index (Phi) is 4.60. The van der Waals surface area contributed by atoms with Crippen LogP contribution in [-0.2, 0) is 21.4 Å². The second-order valence-electron chi connectivity index (χ2n) is 7.48. The molecule has 1 fully saturated rings. The second-order valence-corrected chi connectivity index (χ2v) is 7.48. The van der Waals surface area contributed by atoms with E-state index in [-0.39, 0.29) is 17.7 Å². The quantitative estimate of drug-likeness (QED) is 0.707. The molecular formula is C21H22N4O3. The molecule has 28 heavy (non-hydrogen) atoms. The van der Waals surface area contributed by atoms with E-state index < -0.39 is 0 Å². The topological polar surface area (TPSA) is 103 Å². The summed E-state index contributed by atoms with van der Waals surface area (Å²) in [6.45, 7) is 5.21. The Morgan fingerprint density at radius 3 is 2.61 bits per heavy atom. The van der Waals surface area contributed by atoms with Crippen LogP contribution in [0.1, 0.15) is 23.7 Å². The van der Waals surface area contributed by atoms with Crippen molar-refractivity contribution in [2.45, 2.75) is 25.7 Å². The van der Waals surface area contributed by atoms with Crippen LogP contribution < -0.4 is 11.1 Å². The third kappa shape index (κ3) is 3.61. The highest BCUT2D eigenvalue weighted by Crippen LogP contribution is 2.32. The summed E-state index contributed by atoms with van der Waals surface area (Å²) in [4.78, 5) is 16.5. The van der Waals surface area contributed by atoms with Gasteiger partial charge in [-0.15, -0.1) is 0 Å². The van der Waals surface area contributed by atoms with Gasteiger partial charge in [-0.3, -0.25) is 10.1 Å². The molecule has 7 nitrogen and oxygen atoms in total. The first-order chi connectivity index (χ1) is 13.4. The predicted molar refractivity (Wildman–Crippen MR) is 106 cm³/mol. The molecule has 1 aliphatic heterocycles. The standard InChI is InChI=1S/C21H22N4O3/c1-13-7-16(10-23-20(13)22)15-5-3-14(4-6-15)8-18(26)24-19-9-17(25-28-19)21(2)11-27-12-21/h3-7,9-10H,8,11-12H2,1-2H3,(H2,22,23)(H,24,26). The Morgan fingerprint density at radius 1 is 1.21 bits per heavy atom. The third-order valence-electron chi connectivity index (χ3n) is 5.00. The number of carbonyl (C=O) groups excluding carboxylic acids is 1. The molecule has 1 saturated heterocycles. The molecule has 3 heterocycles. The van der Waals surface area contributed by atoms with Crippen LogP contribution >= 0.6 is 0 Å². The molecule has 3 N–H and O–H groups in total. The lowest BCUT2D eigenvalue weighted by Gasteiger charge is -2.35. The summed E-state index contributed by atoms with van der Waals surface area (Å²) in [5.74, 6) is 0.732. The maximum atomic E-state index is 12.3. The SMILES string of the molecule is Cc1cc(-c2ccc(CC(=O)Nc3cc(C4(C)COC4)no3)cc2)cnc1N. The van der Waals surface area contributed by atoms with Gasteiger partial charge in [0.05, 0.1) is 30.7 Å². The van der Waals surface area contributed by atoms with E-state index in [0.717, 1.165) is 27.9 Å². The van der Waals surface area contributed by atoms with E-state index in [9.17, 15) is 4.79 Å². The van der Waals surface area contributed by atoms with Crippen molar-refractivity contribution < 1.29 is 14.1 Å². The number of pyridine rings is 1. The fourth-order valence-corrected chi connectivity index (χ4v) is 3.10. The highest BCUT2D eigenvalue weighted by molar-refractivity contribution is 5.91. The Balaban J connectivity index is 1.39. The Hall–Kier alpha value is -3.19. The molecule has 0 radical (unpaired) electrons. The number of hydrogen-bond acceptors (Lipinski definition) is 6. The number of aryl methyl sites for hydroxylation is 1. The Labute approximate surface area is 162 Å². The number of nitrogens with two attached hydrogens (primary N) is 1. The largest absolute Gasteiger partial charge is 0.383 e. The lowest BCUT2D eigenvalue weighted by atomic mass is 9.85. The van der Waals surface area contributed by atoms with Gasteiger partial charge in [0.1, 0.15) is 5.82 Å². The van der Waals surface area contributed by atoms with Gasteiger partial charge in [-0.25, -0.2) is 4.98 Å². The summed E-state index contributed by atoms with van der Waals surface area (Å²) in [7, 11) is 0. The number of nitrogen functional groups attached to an aromatic ring is 1. The van der Waals surface area contributed by atoms with E-state index >= 15 is 0 Å². The summed E-state index contributed by atoms with van der Waals surface area (Å²) < 4.78 is 10.5. The minimum Gasteiger partial charge on any atom is -0.383 e. The highest BCUT2D eigenvalue weighted by atomic mass is 16.5. The molecule has 144 valence electrons. The molecule has 0 saturated carbocycles. The average molecular weight is 378 g/mol. The molecule has 4 rings (SSSR count). The fourth-order valence-electron chi connectivity index (χ4n) is 3.10. The fraction of sp³-hybridized carbons (Fsp3) is 0.286. The number of aromatic nitrogens is 2. The lowest BCUT2D eigenvalue weighted by molar-refractivity contribution is -0.115. The molecular weight excluding hydrogens is 356 g/mol. The first kappa shape index (κ1) is 18.2. The molecule has 0 aliphatic carbocycles. The van der Waals surface area contributed by atoms with E-state index in [1.54, 1.807) is 12.3 Å². The molecule has 2 aromatic heterocycles. The summed E-state index contributed by atoms with van der Waals surface area (Å²) in [6.07, 6.45) is 1.99. The normalized spacial score (nSPS) is 15.1. The van der Waals surface area contributed by atoms with Crippen LogP contribution in [0.2, 0.25) is 0 Å². The van der Waals surface area contributed by atoms with Crippen molar-refractivity contribution in [1.29, 1.82) is 0 Å². The zero-order valence-electron chi connectivity index (χ0n) is 15.9. The van der Waals surface area contributed by atoms with Crippen LogP contribution in [0.5, 0.6) is 0 Å². The molecule has 1 aromatic carbocycles. The van der Waals surface area contributed by atoms with Crippen molar-refractivity contribution in [3.05, 3.63) is 59.4 Å². The van der Waals surface area contributed by atoms with Crippen molar-refractivity contribution in [3.63, 3.8) is 0 Å². The first-order valence-electron chi connectivity index (χ1n) is 9.09. The predicted octanol–water partition coefficient (Wildman–Crippen LogP) is 3.10. The third-order valence-corrected chi connectivity index (χ3v) is 5.00. The monoisotopic (exact) mass is 378 g/mol. The molecule has 7 heteroatoms. The van der Waals surface area contributed by atoms with Gasteiger partial charge in [0.25, 0.3) is 0 Å². The Bertz CT molecular complexity index is 1010. The van der Waals surface area contributed by atoms with Gasteiger partial charge < -0.3 is 15.0 Å². The summed E-state index contributed by atoms with van der Waals surface area (Å²) in [6, 6.07) is 11.6. The maximum Gasteiger partial charge on any atom is 0.231 e. The van der Waals surface area contributed by atoms with Crippen LogP contribution in [0.25, 0.3) is 11.1 Å². The van der Waals surface area contributed by atoms with Gasteiger partial charge in [-0.2, -0.15) is 0 Å².